The zero-order valence-electron chi connectivity index (χ0n) is 19.5. The van der Waals surface area contributed by atoms with E-state index in [1.165, 1.54) is 11.8 Å². The fourth-order valence-corrected chi connectivity index (χ4v) is 3.34. The standard InChI is InChI=1S/C20H35N5O9S/c1-35-9-7-12(23-17(30)11(22)5-6-15(26)27)18(31)25-14(10-16(28)29)19(32)24-13(20(33)34)4-2-3-8-21/h11-14H,2-10,21-22H2,1H3,(H,23,30)(H,24,32)(H,25,31)(H,26,27)(H,28,29)(H,33,34). The lowest BCUT2D eigenvalue weighted by atomic mass is 10.1. The van der Waals surface area contributed by atoms with Crippen LogP contribution in [0.1, 0.15) is 44.9 Å². The minimum Gasteiger partial charge on any atom is -0.481 e. The molecule has 4 unspecified atom stereocenters. The number of rotatable bonds is 19. The average molecular weight is 522 g/mol. The monoisotopic (exact) mass is 521 g/mol. The van der Waals surface area contributed by atoms with Crippen LogP contribution in [0.4, 0.5) is 0 Å². The van der Waals surface area contributed by atoms with E-state index in [1.54, 1.807) is 6.26 Å². The van der Waals surface area contributed by atoms with Gasteiger partial charge < -0.3 is 42.7 Å². The molecule has 0 aromatic carbocycles. The number of nitrogens with two attached hydrogens (primary N) is 2. The van der Waals surface area contributed by atoms with Gasteiger partial charge in [0.15, 0.2) is 0 Å². The molecule has 0 aliphatic rings. The van der Waals surface area contributed by atoms with Gasteiger partial charge in [0.2, 0.25) is 17.7 Å². The predicted molar refractivity (Wildman–Crippen MR) is 126 cm³/mol. The van der Waals surface area contributed by atoms with Crippen LogP contribution in [0.3, 0.4) is 0 Å². The van der Waals surface area contributed by atoms with Gasteiger partial charge in [0, 0.05) is 6.42 Å². The third-order valence-electron chi connectivity index (χ3n) is 4.82. The van der Waals surface area contributed by atoms with Crippen LogP contribution >= 0.6 is 11.8 Å². The van der Waals surface area contributed by atoms with Crippen LogP contribution in [0.2, 0.25) is 0 Å². The van der Waals surface area contributed by atoms with E-state index in [9.17, 15) is 33.9 Å². The molecule has 0 bridgehead atoms. The van der Waals surface area contributed by atoms with E-state index in [2.05, 4.69) is 16.0 Å². The van der Waals surface area contributed by atoms with Crippen LogP contribution in [0.15, 0.2) is 0 Å². The quantitative estimate of drug-likeness (QED) is 0.0865. The Bertz CT molecular complexity index is 752. The molecule has 15 heteroatoms. The van der Waals surface area contributed by atoms with Gasteiger partial charge >= 0.3 is 17.9 Å². The van der Waals surface area contributed by atoms with Crippen molar-refractivity contribution in [3.8, 4) is 0 Å². The summed E-state index contributed by atoms with van der Waals surface area (Å²) in [7, 11) is 0. The molecule has 0 aliphatic carbocycles. The highest BCUT2D eigenvalue weighted by Crippen LogP contribution is 2.06. The molecule has 0 fully saturated rings. The topological polar surface area (TPSA) is 251 Å². The maximum Gasteiger partial charge on any atom is 0.326 e. The van der Waals surface area contributed by atoms with E-state index in [1.807, 2.05) is 0 Å². The van der Waals surface area contributed by atoms with E-state index in [0.717, 1.165) is 0 Å². The molecule has 14 nitrogen and oxygen atoms in total. The van der Waals surface area contributed by atoms with Crippen molar-refractivity contribution in [1.82, 2.24) is 16.0 Å². The normalized spacial score (nSPS) is 14.1. The third kappa shape index (κ3) is 14.2. The summed E-state index contributed by atoms with van der Waals surface area (Å²) in [6.45, 7) is 0.334. The second-order valence-electron chi connectivity index (χ2n) is 7.72. The number of amides is 3. The average Bonchev–Trinajstić information content (AvgIpc) is 2.78. The highest BCUT2D eigenvalue weighted by Gasteiger charge is 2.31. The lowest BCUT2D eigenvalue weighted by molar-refractivity contribution is -0.144. The van der Waals surface area contributed by atoms with Gasteiger partial charge in [-0.15, -0.1) is 0 Å². The molecule has 0 aliphatic heterocycles. The Morgan fingerprint density at radius 3 is 1.86 bits per heavy atom. The van der Waals surface area contributed by atoms with Crippen LogP contribution < -0.4 is 27.4 Å². The Balaban J connectivity index is 5.41. The van der Waals surface area contributed by atoms with Crippen LogP contribution in [0.25, 0.3) is 0 Å². The summed E-state index contributed by atoms with van der Waals surface area (Å²) >= 11 is 1.37. The second kappa shape index (κ2) is 17.5. The molecular weight excluding hydrogens is 486 g/mol. The highest BCUT2D eigenvalue weighted by molar-refractivity contribution is 7.98. The van der Waals surface area contributed by atoms with Crippen molar-refractivity contribution in [2.75, 3.05) is 18.6 Å². The van der Waals surface area contributed by atoms with Gasteiger partial charge in [-0.05, 0) is 50.7 Å². The summed E-state index contributed by atoms with van der Waals surface area (Å²) in [4.78, 5) is 71.2. The number of unbranched alkanes of at least 4 members (excludes halogenated alkanes) is 1. The van der Waals surface area contributed by atoms with E-state index in [4.69, 9.17) is 21.7 Å². The molecule has 200 valence electrons. The number of aliphatic carboxylic acids is 3. The summed E-state index contributed by atoms with van der Waals surface area (Å²) in [5, 5.41) is 34.1. The number of hydrogen-bond donors (Lipinski definition) is 8. The first-order valence-corrected chi connectivity index (χ1v) is 12.3. The van der Waals surface area contributed by atoms with Crippen molar-refractivity contribution in [3.05, 3.63) is 0 Å². The second-order valence-corrected chi connectivity index (χ2v) is 8.71. The van der Waals surface area contributed by atoms with E-state index < -0.39 is 66.2 Å². The SMILES string of the molecule is CSCCC(NC(=O)C(N)CCC(=O)O)C(=O)NC(CC(=O)O)C(=O)NC(CCCCN)C(=O)O. The highest BCUT2D eigenvalue weighted by atomic mass is 32.2. The van der Waals surface area contributed by atoms with E-state index >= 15 is 0 Å². The molecule has 3 amide bonds. The summed E-state index contributed by atoms with van der Waals surface area (Å²) in [5.41, 5.74) is 11.1. The van der Waals surface area contributed by atoms with Gasteiger partial charge in [0.25, 0.3) is 0 Å². The first-order chi connectivity index (χ1) is 16.4. The molecule has 35 heavy (non-hydrogen) atoms. The van der Waals surface area contributed by atoms with Crippen LogP contribution in [-0.2, 0) is 28.8 Å². The lowest BCUT2D eigenvalue weighted by Crippen LogP contribution is -2.57. The first kappa shape index (κ1) is 32.1. The van der Waals surface area contributed by atoms with E-state index in [-0.39, 0.29) is 25.7 Å². The molecule has 0 saturated heterocycles. The molecule has 0 heterocycles. The van der Waals surface area contributed by atoms with Gasteiger partial charge in [0.1, 0.15) is 18.1 Å². The molecule has 4 atom stereocenters. The smallest absolute Gasteiger partial charge is 0.326 e. The van der Waals surface area contributed by atoms with Crippen LogP contribution in [0, 0.1) is 0 Å². The van der Waals surface area contributed by atoms with Crippen molar-refractivity contribution in [2.24, 2.45) is 11.5 Å². The lowest BCUT2D eigenvalue weighted by Gasteiger charge is -2.24. The number of nitrogens with one attached hydrogen (secondary N) is 3. The fourth-order valence-electron chi connectivity index (χ4n) is 2.87. The van der Waals surface area contributed by atoms with Gasteiger partial charge in [-0.25, -0.2) is 4.79 Å². The number of carbonyl (C=O) groups is 6. The Morgan fingerprint density at radius 2 is 1.34 bits per heavy atom. The van der Waals surface area contributed by atoms with E-state index in [0.29, 0.717) is 25.1 Å². The largest absolute Gasteiger partial charge is 0.481 e. The number of carboxylic acids is 3. The molecule has 0 aromatic heterocycles. The van der Waals surface area contributed by atoms with Gasteiger partial charge in [-0.1, -0.05) is 0 Å². The fraction of sp³-hybridized carbons (Fsp3) is 0.700. The number of carboxylic acid groups (broad SMARTS) is 3. The number of carbonyl (C=O) groups excluding carboxylic acids is 3. The van der Waals surface area contributed by atoms with Crippen molar-refractivity contribution in [1.29, 1.82) is 0 Å². The van der Waals surface area contributed by atoms with Crippen molar-refractivity contribution < 1.29 is 44.1 Å². The van der Waals surface area contributed by atoms with Gasteiger partial charge in [0.05, 0.1) is 12.5 Å². The summed E-state index contributed by atoms with van der Waals surface area (Å²) < 4.78 is 0. The molecule has 0 rings (SSSR count). The molecular formula is C20H35N5O9S. The summed E-state index contributed by atoms with van der Waals surface area (Å²) in [5.74, 6) is -6.12. The minimum atomic E-state index is -1.61. The van der Waals surface area contributed by atoms with Gasteiger partial charge in [-0.2, -0.15) is 11.8 Å². The molecule has 10 N–H and O–H groups in total. The first-order valence-electron chi connectivity index (χ1n) is 10.9. The Labute approximate surface area is 206 Å². The number of thioether (sulfide) groups is 1. The minimum absolute atomic E-state index is 0.0622. The summed E-state index contributed by atoms with van der Waals surface area (Å²) in [6, 6.07) is -5.29. The van der Waals surface area contributed by atoms with Crippen LogP contribution in [0.5, 0.6) is 0 Å². The third-order valence-corrected chi connectivity index (χ3v) is 5.47. The zero-order chi connectivity index (χ0) is 27.0. The van der Waals surface area contributed by atoms with Crippen molar-refractivity contribution in [3.63, 3.8) is 0 Å². The Kier molecular flexibility index (Phi) is 16.1. The zero-order valence-corrected chi connectivity index (χ0v) is 20.3. The predicted octanol–water partition coefficient (Wildman–Crippen LogP) is -1.93. The molecule has 0 saturated carbocycles. The molecule has 0 spiro atoms. The maximum atomic E-state index is 12.8. The van der Waals surface area contributed by atoms with Crippen LogP contribution in [-0.4, -0.2) is 93.7 Å². The maximum absolute atomic E-state index is 12.8. The van der Waals surface area contributed by atoms with Crippen molar-refractivity contribution in [2.45, 2.75) is 69.1 Å². The Morgan fingerprint density at radius 1 is 0.771 bits per heavy atom. The molecule has 0 radical (unpaired) electrons. The number of hydrogen-bond acceptors (Lipinski definition) is 9. The Hall–Kier alpha value is -2.91. The molecule has 0 aromatic rings. The van der Waals surface area contributed by atoms with Crippen molar-refractivity contribution >= 4 is 47.4 Å². The summed E-state index contributed by atoms with van der Waals surface area (Å²) in [6.07, 6.45) is 1.53. The van der Waals surface area contributed by atoms with Gasteiger partial charge in [-0.3, -0.25) is 24.0 Å².